The molecule has 0 bridgehead atoms. The van der Waals surface area contributed by atoms with Gasteiger partial charge in [-0.15, -0.1) is 0 Å². The number of nitrogens with zero attached hydrogens (tertiary/aromatic N) is 1. The van der Waals surface area contributed by atoms with E-state index < -0.39 is 5.60 Å². The SMILES string of the molecule is CC(C)(C)OC(=O)N1CCCCC1CNCCN. The molecule has 5 nitrogen and oxygen atoms in total. The molecule has 0 spiro atoms. The first kappa shape index (κ1) is 15.2. The maximum atomic E-state index is 12.1. The second kappa shape index (κ2) is 6.95. The Morgan fingerprint density at radius 1 is 1.44 bits per heavy atom. The molecule has 0 aromatic carbocycles. The van der Waals surface area contributed by atoms with Crippen LogP contribution in [0.3, 0.4) is 0 Å². The fraction of sp³-hybridized carbons (Fsp3) is 0.923. The lowest BCUT2D eigenvalue weighted by atomic mass is 10.0. The Morgan fingerprint density at radius 3 is 2.78 bits per heavy atom. The average Bonchev–Trinajstić information content (AvgIpc) is 2.27. The summed E-state index contributed by atoms with van der Waals surface area (Å²) in [5.41, 5.74) is 5.03. The highest BCUT2D eigenvalue weighted by atomic mass is 16.6. The van der Waals surface area contributed by atoms with Crippen molar-refractivity contribution in [3.8, 4) is 0 Å². The lowest BCUT2D eigenvalue weighted by molar-refractivity contribution is 0.0100. The van der Waals surface area contributed by atoms with Gasteiger partial charge in [0, 0.05) is 32.2 Å². The van der Waals surface area contributed by atoms with Gasteiger partial charge in [-0.1, -0.05) is 0 Å². The highest BCUT2D eigenvalue weighted by Crippen LogP contribution is 2.19. The second-order valence-electron chi connectivity index (χ2n) is 5.82. The van der Waals surface area contributed by atoms with Crippen LogP contribution >= 0.6 is 0 Å². The van der Waals surface area contributed by atoms with Crippen LogP contribution in [0.2, 0.25) is 0 Å². The lowest BCUT2D eigenvalue weighted by Gasteiger charge is -2.36. The summed E-state index contributed by atoms with van der Waals surface area (Å²) < 4.78 is 5.45. The van der Waals surface area contributed by atoms with Crippen LogP contribution < -0.4 is 11.1 Å². The minimum absolute atomic E-state index is 0.193. The van der Waals surface area contributed by atoms with Crippen molar-refractivity contribution in [2.24, 2.45) is 5.73 Å². The smallest absolute Gasteiger partial charge is 0.410 e. The third-order valence-corrected chi connectivity index (χ3v) is 2.96. The van der Waals surface area contributed by atoms with Crippen molar-refractivity contribution in [2.45, 2.75) is 51.7 Å². The fourth-order valence-electron chi connectivity index (χ4n) is 2.14. The summed E-state index contributed by atoms with van der Waals surface area (Å²) in [6, 6.07) is 0.236. The summed E-state index contributed by atoms with van der Waals surface area (Å²) >= 11 is 0. The van der Waals surface area contributed by atoms with E-state index in [2.05, 4.69) is 5.32 Å². The Hall–Kier alpha value is -0.810. The number of ether oxygens (including phenoxy) is 1. The number of nitrogens with two attached hydrogens (primary N) is 1. The summed E-state index contributed by atoms with van der Waals surface area (Å²) in [7, 11) is 0. The maximum absolute atomic E-state index is 12.1. The van der Waals surface area contributed by atoms with Gasteiger partial charge in [-0.25, -0.2) is 4.79 Å². The third-order valence-electron chi connectivity index (χ3n) is 2.96. The van der Waals surface area contributed by atoms with Gasteiger partial charge in [-0.05, 0) is 40.0 Å². The zero-order chi connectivity index (χ0) is 13.6. The third kappa shape index (κ3) is 5.23. The van der Waals surface area contributed by atoms with Crippen molar-refractivity contribution in [3.63, 3.8) is 0 Å². The summed E-state index contributed by atoms with van der Waals surface area (Å²) in [5.74, 6) is 0. The number of hydrogen-bond acceptors (Lipinski definition) is 4. The number of rotatable bonds is 4. The highest BCUT2D eigenvalue weighted by molar-refractivity contribution is 5.68. The van der Waals surface area contributed by atoms with Crippen molar-refractivity contribution >= 4 is 6.09 Å². The molecule has 5 heteroatoms. The van der Waals surface area contributed by atoms with E-state index in [1.54, 1.807) is 0 Å². The average molecular weight is 257 g/mol. The Kier molecular flexibility index (Phi) is 5.88. The monoisotopic (exact) mass is 257 g/mol. The van der Waals surface area contributed by atoms with Crippen LogP contribution in [0, 0.1) is 0 Å². The minimum Gasteiger partial charge on any atom is -0.444 e. The number of likely N-dealkylation sites (tertiary alicyclic amines) is 1. The molecule has 1 fully saturated rings. The number of hydrogen-bond donors (Lipinski definition) is 2. The van der Waals surface area contributed by atoms with E-state index in [1.165, 1.54) is 6.42 Å². The first-order chi connectivity index (χ1) is 8.44. The molecule has 0 aliphatic carbocycles. The highest BCUT2D eigenvalue weighted by Gasteiger charge is 2.29. The van der Waals surface area contributed by atoms with Crippen LogP contribution in [0.25, 0.3) is 0 Å². The first-order valence-corrected chi connectivity index (χ1v) is 6.84. The molecule has 1 amide bonds. The Balaban J connectivity index is 2.50. The molecule has 1 heterocycles. The Labute approximate surface area is 110 Å². The molecule has 0 aromatic heterocycles. The number of nitrogens with one attached hydrogen (secondary N) is 1. The van der Waals surface area contributed by atoms with E-state index in [4.69, 9.17) is 10.5 Å². The van der Waals surface area contributed by atoms with E-state index >= 15 is 0 Å². The van der Waals surface area contributed by atoms with Crippen molar-refractivity contribution < 1.29 is 9.53 Å². The summed E-state index contributed by atoms with van der Waals surface area (Å²) in [6.45, 7) is 8.71. The molecule has 0 saturated carbocycles. The Morgan fingerprint density at radius 2 is 2.17 bits per heavy atom. The molecular weight excluding hydrogens is 230 g/mol. The van der Waals surface area contributed by atoms with Crippen molar-refractivity contribution in [2.75, 3.05) is 26.2 Å². The van der Waals surface area contributed by atoms with Crippen LogP contribution in [0.5, 0.6) is 0 Å². The van der Waals surface area contributed by atoms with Gasteiger partial charge in [0.1, 0.15) is 5.60 Å². The molecule has 1 aliphatic heterocycles. The van der Waals surface area contributed by atoms with Gasteiger partial charge in [0.25, 0.3) is 0 Å². The van der Waals surface area contributed by atoms with Crippen LogP contribution in [0.1, 0.15) is 40.0 Å². The molecule has 1 aliphatic rings. The number of carbonyl (C=O) groups is 1. The molecule has 1 atom stereocenters. The fourth-order valence-corrected chi connectivity index (χ4v) is 2.14. The van der Waals surface area contributed by atoms with Crippen LogP contribution in [0.15, 0.2) is 0 Å². The predicted octanol–water partition coefficient (Wildman–Crippen LogP) is 1.32. The van der Waals surface area contributed by atoms with E-state index in [1.807, 2.05) is 25.7 Å². The van der Waals surface area contributed by atoms with Gasteiger partial charge in [-0.2, -0.15) is 0 Å². The molecule has 18 heavy (non-hydrogen) atoms. The molecule has 0 aromatic rings. The van der Waals surface area contributed by atoms with Crippen LogP contribution in [-0.2, 0) is 4.74 Å². The molecule has 1 unspecified atom stereocenters. The van der Waals surface area contributed by atoms with Gasteiger partial charge >= 0.3 is 6.09 Å². The van der Waals surface area contributed by atoms with Gasteiger partial charge < -0.3 is 20.7 Å². The zero-order valence-corrected chi connectivity index (χ0v) is 11.9. The Bertz CT molecular complexity index is 263. The van der Waals surface area contributed by atoms with Crippen molar-refractivity contribution in [1.29, 1.82) is 0 Å². The number of piperidine rings is 1. The standard InChI is InChI=1S/C13H27N3O2/c1-13(2,3)18-12(17)16-9-5-4-6-11(16)10-15-8-7-14/h11,15H,4-10,14H2,1-3H3. The zero-order valence-electron chi connectivity index (χ0n) is 11.9. The largest absolute Gasteiger partial charge is 0.444 e. The normalized spacial score (nSPS) is 20.9. The van der Waals surface area contributed by atoms with Gasteiger partial charge in [0.05, 0.1) is 0 Å². The van der Waals surface area contributed by atoms with Crippen molar-refractivity contribution in [1.82, 2.24) is 10.2 Å². The van der Waals surface area contributed by atoms with Crippen LogP contribution in [0.4, 0.5) is 4.79 Å². The van der Waals surface area contributed by atoms with Gasteiger partial charge in [-0.3, -0.25) is 0 Å². The molecule has 0 radical (unpaired) electrons. The van der Waals surface area contributed by atoms with Gasteiger partial charge in [0.15, 0.2) is 0 Å². The molecule has 3 N–H and O–H groups in total. The minimum atomic E-state index is -0.427. The number of carbonyl (C=O) groups excluding carboxylic acids is 1. The summed E-state index contributed by atoms with van der Waals surface area (Å²) in [5, 5.41) is 3.28. The summed E-state index contributed by atoms with van der Waals surface area (Å²) in [4.78, 5) is 14.0. The maximum Gasteiger partial charge on any atom is 0.410 e. The predicted molar refractivity (Wildman–Crippen MR) is 72.5 cm³/mol. The topological polar surface area (TPSA) is 67.6 Å². The summed E-state index contributed by atoms with van der Waals surface area (Å²) in [6.07, 6.45) is 3.08. The number of amides is 1. The lowest BCUT2D eigenvalue weighted by Crippen LogP contribution is -2.50. The van der Waals surface area contributed by atoms with E-state index in [0.29, 0.717) is 6.54 Å². The van der Waals surface area contributed by atoms with Crippen molar-refractivity contribution in [3.05, 3.63) is 0 Å². The molecule has 106 valence electrons. The van der Waals surface area contributed by atoms with Gasteiger partial charge in [0.2, 0.25) is 0 Å². The molecule has 1 rings (SSSR count). The van der Waals surface area contributed by atoms with E-state index in [0.717, 1.165) is 32.5 Å². The molecule has 1 saturated heterocycles. The van der Waals surface area contributed by atoms with Crippen LogP contribution in [-0.4, -0.2) is 48.8 Å². The second-order valence-corrected chi connectivity index (χ2v) is 5.82. The van der Waals surface area contributed by atoms with E-state index in [-0.39, 0.29) is 12.1 Å². The quantitative estimate of drug-likeness (QED) is 0.746. The first-order valence-electron chi connectivity index (χ1n) is 6.84. The van der Waals surface area contributed by atoms with E-state index in [9.17, 15) is 4.79 Å². The molecular formula is C13H27N3O2.